The van der Waals surface area contributed by atoms with Crippen LogP contribution in [-0.4, -0.2) is 170 Å². The molecule has 0 aromatic heterocycles. The quantitative estimate of drug-likeness (QED) is 0.0180. The number of unbranched alkanes of at least 4 members (excludes halogenated alkanes) is 12. The second-order valence-electron chi connectivity index (χ2n) is 18.3. The number of hydrogen-bond donors (Lipinski definition) is 0. The van der Waals surface area contributed by atoms with Crippen LogP contribution in [0.5, 0.6) is 0 Å². The summed E-state index contributed by atoms with van der Waals surface area (Å²) < 4.78 is 103. The zero-order valence-electron chi connectivity index (χ0n) is 49.8. The molecule has 0 spiro atoms. The van der Waals surface area contributed by atoms with E-state index in [0.29, 0.717) is 155 Å². The summed E-state index contributed by atoms with van der Waals surface area (Å²) in [4.78, 5) is 66.8. The van der Waals surface area contributed by atoms with Gasteiger partial charge in [-0.25, -0.2) is 0 Å². The predicted molar refractivity (Wildman–Crippen MR) is 324 cm³/mol. The Balaban J connectivity index is 5.55. The topological polar surface area (TPSA) is 269 Å². The number of ether oxygens (including phenoxy) is 6. The van der Waals surface area contributed by atoms with Crippen molar-refractivity contribution in [2.45, 2.75) is 176 Å². The Morgan fingerprint density at radius 1 is 0.229 bits per heavy atom. The molecule has 83 heavy (non-hydrogen) atoms. The van der Waals surface area contributed by atoms with E-state index in [4.69, 9.17) is 118 Å². The van der Waals surface area contributed by atoms with E-state index in [1.54, 1.807) is 0 Å². The first-order chi connectivity index (χ1) is 39.6. The monoisotopic (exact) mass is 1390 g/mol. The second-order valence-corrected chi connectivity index (χ2v) is 31.8. The fraction of sp³-hybridized carbons (Fsp3) is 0.882. The van der Waals surface area contributed by atoms with Crippen LogP contribution in [0.4, 0.5) is 0 Å². The summed E-state index contributed by atoms with van der Waals surface area (Å²) in [5.41, 5.74) is 0. The van der Waals surface area contributed by atoms with Crippen LogP contribution in [0.15, 0.2) is 0 Å². The van der Waals surface area contributed by atoms with Gasteiger partial charge in [0.1, 0.15) is 0 Å². The molecule has 488 valence electrons. The van der Waals surface area contributed by atoms with E-state index in [1.165, 1.54) is 41.5 Å². The molecule has 0 rings (SSSR count). The molecule has 0 fully saturated rings. The average molecular weight is 1390 g/mol. The molecule has 0 amide bonds. The van der Waals surface area contributed by atoms with E-state index in [9.17, 15) is 28.8 Å². The van der Waals surface area contributed by atoms with E-state index >= 15 is 0 Å². The van der Waals surface area contributed by atoms with Crippen molar-refractivity contribution in [3.8, 4) is 0 Å². The molecule has 0 unspecified atom stereocenters. The first-order valence-corrected chi connectivity index (χ1v) is 40.0. The van der Waals surface area contributed by atoms with Gasteiger partial charge in [-0.3, -0.25) is 28.8 Å². The van der Waals surface area contributed by atoms with E-state index in [1.807, 2.05) is 0 Å². The average Bonchev–Trinajstić information content (AvgIpc) is 3.42. The van der Waals surface area contributed by atoms with Crippen molar-refractivity contribution in [1.29, 1.82) is 0 Å². The summed E-state index contributed by atoms with van der Waals surface area (Å²) in [5.74, 6) is -2.08. The third-order valence-corrected chi connectivity index (χ3v) is 21.2. The molecule has 32 heteroatoms. The van der Waals surface area contributed by atoms with Gasteiger partial charge in [0, 0.05) is 41.5 Å². The first kappa shape index (κ1) is 82.2. The number of esters is 6. The summed E-state index contributed by atoms with van der Waals surface area (Å²) in [6.07, 6.45) is 10.3. The van der Waals surface area contributed by atoms with E-state index in [0.717, 1.165) is 19.3 Å². The zero-order valence-corrected chi connectivity index (χ0v) is 57.5. The van der Waals surface area contributed by atoms with E-state index in [-0.39, 0.29) is 115 Å². The summed E-state index contributed by atoms with van der Waals surface area (Å²) >= 11 is 20.3. The molecule has 0 aromatic carbocycles. The van der Waals surface area contributed by atoms with Gasteiger partial charge in [-0.1, -0.05) is 0 Å². The minimum atomic E-state index is -3.09. The van der Waals surface area contributed by atoms with Crippen LogP contribution in [0.2, 0.25) is 0 Å². The minimum absolute atomic E-state index is 0.274. The second kappa shape index (κ2) is 54.2. The van der Waals surface area contributed by atoms with Crippen molar-refractivity contribution in [2.75, 3.05) is 119 Å². The molecular formula is C51H96O24P4S3Se. The summed E-state index contributed by atoms with van der Waals surface area (Å²) in [7, 11) is 0. The Hall–Kier alpha value is -0.761. The van der Waals surface area contributed by atoms with Crippen molar-refractivity contribution in [3.63, 3.8) is 0 Å². The van der Waals surface area contributed by atoms with Crippen molar-refractivity contribution in [3.05, 3.63) is 0 Å². The van der Waals surface area contributed by atoms with Crippen molar-refractivity contribution < 1.29 is 111 Å². The molecule has 0 saturated carbocycles. The van der Waals surface area contributed by atoms with Gasteiger partial charge in [0.25, 0.3) is 0 Å². The number of carbonyl (C=O) groups excluding carboxylic acids is 6. The van der Waals surface area contributed by atoms with Gasteiger partial charge in [0.05, 0.1) is 39.6 Å². The Morgan fingerprint density at radius 2 is 0.349 bits per heavy atom. The molecule has 0 aliphatic rings. The first-order valence-electron chi connectivity index (χ1n) is 28.6. The van der Waals surface area contributed by atoms with Gasteiger partial charge in [0.15, 0.2) is 0 Å². The number of rotatable bonds is 60. The van der Waals surface area contributed by atoms with Crippen LogP contribution in [0.1, 0.15) is 176 Å². The molecule has 0 aliphatic heterocycles. The van der Waals surface area contributed by atoms with Gasteiger partial charge in [-0.2, -0.15) is 0 Å². The van der Waals surface area contributed by atoms with Crippen molar-refractivity contribution in [1.82, 2.24) is 0 Å². The maximum absolute atomic E-state index is 11.1. The van der Waals surface area contributed by atoms with Gasteiger partial charge in [-0.15, -0.1) is 0 Å². The number of carbonyl (C=O) groups is 6. The summed E-state index contributed by atoms with van der Waals surface area (Å²) in [6.45, 7) is 4.05. The van der Waals surface area contributed by atoms with Gasteiger partial charge in [0.2, 0.25) is 0 Å². The molecule has 0 heterocycles. The standard InChI is InChI=1S/C51H96O24P4S3Se/c1-46(52)58-28-16-22-37-67-76(80,68-38-23-17-29-59-47(2)53)64-34-10-7-13-43-73-79(83,74-44-14-8-11-35-65-77(81,69-39-24-18-30-60-48(3)54)70-40-25-19-31-61-49(4)55)75-45-15-9-12-36-66-78(82,71-41-26-20-32-62-50(5)56)72-42-27-21-33-63-51(6)57/h7-45H2,1-6H3. The number of hydrogen-bond acceptors (Lipinski definition) is 27. The molecule has 24 nitrogen and oxygen atoms in total. The summed E-state index contributed by atoms with van der Waals surface area (Å²) in [5, 5.41) is 0. The van der Waals surface area contributed by atoms with E-state index in [2.05, 4.69) is 15.1 Å². The molecule has 0 radical (unpaired) electrons. The smallest absolute Gasteiger partial charge is 0.466 e. The van der Waals surface area contributed by atoms with Crippen LogP contribution in [0.25, 0.3) is 0 Å². The van der Waals surface area contributed by atoms with Crippen LogP contribution >= 0.6 is 26.3 Å². The van der Waals surface area contributed by atoms with Crippen LogP contribution < -0.4 is 0 Å². The summed E-state index contributed by atoms with van der Waals surface area (Å²) in [6, 6.07) is 0. The van der Waals surface area contributed by atoms with E-state index < -0.39 is 26.3 Å². The predicted octanol–water partition coefficient (Wildman–Crippen LogP) is 11.3. The third-order valence-electron chi connectivity index (χ3n) is 10.4. The Labute approximate surface area is 516 Å². The Kier molecular flexibility index (Phi) is 53.7. The Bertz CT molecular complexity index is 1650. The molecule has 0 atom stereocenters. The fourth-order valence-corrected chi connectivity index (χ4v) is 14.8. The molecule has 0 aromatic rings. The van der Waals surface area contributed by atoms with Gasteiger partial charge in [-0.05, 0) is 38.5 Å². The maximum atomic E-state index is 11.1. The van der Waals surface area contributed by atoms with Crippen LogP contribution in [0, 0.1) is 0 Å². The van der Waals surface area contributed by atoms with Crippen molar-refractivity contribution in [2.24, 2.45) is 0 Å². The minimum Gasteiger partial charge on any atom is -0.466 e. The normalized spacial score (nSPS) is 12.0. The zero-order chi connectivity index (χ0) is 61.8. The molecular weight excluding hydrogens is 1300 g/mol. The van der Waals surface area contributed by atoms with Gasteiger partial charge >= 0.3 is 343 Å². The molecule has 0 aliphatic carbocycles. The molecule has 0 N–H and O–H groups in total. The van der Waals surface area contributed by atoms with Crippen LogP contribution in [-0.2, 0) is 147 Å². The molecule has 0 saturated heterocycles. The fourth-order valence-electron chi connectivity index (χ4n) is 6.23. The van der Waals surface area contributed by atoms with Gasteiger partial charge < -0.3 is 28.4 Å². The van der Waals surface area contributed by atoms with Crippen LogP contribution in [0.3, 0.4) is 0 Å². The molecule has 0 bridgehead atoms. The SMILES string of the molecule is CC(=O)OCCCCOP(=S)(OCCCCCOP(=[Se])(OCCCCCOP(=S)(OCCCCOC(C)=O)OCCCCOC(C)=O)OCCCCCOP(=S)(OCCCCOC(C)=O)OCCCCOC(C)=O)OCCCCOC(C)=O. The van der Waals surface area contributed by atoms with Crippen molar-refractivity contribution >= 4 is 113 Å². The third kappa shape index (κ3) is 56.2. The Morgan fingerprint density at radius 3 is 0.494 bits per heavy atom.